The Hall–Kier alpha value is -0.370. The SMILES string of the molecule is CCN(CC1(C=O)CCC(C)CC1)C1CCCCC1. The second kappa shape index (κ2) is 6.88. The van der Waals surface area contributed by atoms with E-state index in [4.69, 9.17) is 0 Å². The van der Waals surface area contributed by atoms with E-state index in [0.29, 0.717) is 0 Å². The van der Waals surface area contributed by atoms with E-state index in [1.807, 2.05) is 0 Å². The fourth-order valence-electron chi connectivity index (χ4n) is 4.00. The summed E-state index contributed by atoms with van der Waals surface area (Å²) in [5.41, 5.74) is -0.0278. The molecule has 0 aromatic rings. The molecular weight excluding hydrogens is 234 g/mol. The Morgan fingerprint density at radius 2 is 1.74 bits per heavy atom. The molecule has 0 saturated heterocycles. The Morgan fingerprint density at radius 1 is 1.11 bits per heavy atom. The van der Waals surface area contributed by atoms with Gasteiger partial charge in [0.2, 0.25) is 0 Å². The second-order valence-corrected chi connectivity index (χ2v) is 7.02. The number of rotatable bonds is 5. The summed E-state index contributed by atoms with van der Waals surface area (Å²) in [6.07, 6.45) is 12.9. The van der Waals surface area contributed by atoms with Gasteiger partial charge in [-0.2, -0.15) is 0 Å². The quantitative estimate of drug-likeness (QED) is 0.699. The Morgan fingerprint density at radius 3 is 2.26 bits per heavy atom. The lowest BCUT2D eigenvalue weighted by Crippen LogP contribution is -2.46. The number of hydrogen-bond donors (Lipinski definition) is 0. The van der Waals surface area contributed by atoms with Crippen LogP contribution < -0.4 is 0 Å². The van der Waals surface area contributed by atoms with Crippen LogP contribution in [0.2, 0.25) is 0 Å². The third-order valence-corrected chi connectivity index (χ3v) is 5.54. The third-order valence-electron chi connectivity index (χ3n) is 5.54. The first-order valence-electron chi connectivity index (χ1n) is 8.39. The topological polar surface area (TPSA) is 20.3 Å². The smallest absolute Gasteiger partial charge is 0.127 e. The van der Waals surface area contributed by atoms with Crippen LogP contribution in [0.5, 0.6) is 0 Å². The summed E-state index contributed by atoms with van der Waals surface area (Å²) in [5.74, 6) is 0.817. The van der Waals surface area contributed by atoms with E-state index >= 15 is 0 Å². The summed E-state index contributed by atoms with van der Waals surface area (Å²) in [6, 6.07) is 0.745. The number of nitrogens with zero attached hydrogens (tertiary/aromatic N) is 1. The standard InChI is InChI=1S/C17H31NO/c1-3-18(16-7-5-4-6-8-16)13-17(14-19)11-9-15(2)10-12-17/h14-16H,3-13H2,1-2H3. The average molecular weight is 265 g/mol. The summed E-state index contributed by atoms with van der Waals surface area (Å²) >= 11 is 0. The maximum absolute atomic E-state index is 11.7. The van der Waals surface area contributed by atoms with Crippen LogP contribution in [0.4, 0.5) is 0 Å². The lowest BCUT2D eigenvalue weighted by atomic mass is 9.71. The first-order chi connectivity index (χ1) is 9.19. The Balaban J connectivity index is 1.96. The monoisotopic (exact) mass is 265 g/mol. The second-order valence-electron chi connectivity index (χ2n) is 7.02. The predicted molar refractivity (Wildman–Crippen MR) is 80.2 cm³/mol. The van der Waals surface area contributed by atoms with Crippen LogP contribution in [0, 0.1) is 11.3 Å². The molecule has 2 nitrogen and oxygen atoms in total. The average Bonchev–Trinajstić information content (AvgIpc) is 2.48. The van der Waals surface area contributed by atoms with Gasteiger partial charge in [0.1, 0.15) is 6.29 Å². The fourth-order valence-corrected chi connectivity index (χ4v) is 4.00. The van der Waals surface area contributed by atoms with Gasteiger partial charge in [-0.15, -0.1) is 0 Å². The molecule has 0 bridgehead atoms. The molecular formula is C17H31NO. The molecule has 0 spiro atoms. The molecule has 0 atom stereocenters. The molecule has 0 unspecified atom stereocenters. The van der Waals surface area contributed by atoms with E-state index in [2.05, 4.69) is 18.7 Å². The highest BCUT2D eigenvalue weighted by atomic mass is 16.1. The predicted octanol–water partition coefficient (Wildman–Crippen LogP) is 4.04. The summed E-state index contributed by atoms with van der Waals surface area (Å²) in [5, 5.41) is 0. The van der Waals surface area contributed by atoms with Crippen molar-refractivity contribution in [1.29, 1.82) is 0 Å². The van der Waals surface area contributed by atoms with Crippen molar-refractivity contribution in [3.63, 3.8) is 0 Å². The molecule has 0 aliphatic heterocycles. The van der Waals surface area contributed by atoms with Gasteiger partial charge in [-0.25, -0.2) is 0 Å². The highest BCUT2D eigenvalue weighted by molar-refractivity contribution is 5.60. The van der Waals surface area contributed by atoms with Crippen molar-refractivity contribution in [2.24, 2.45) is 11.3 Å². The first kappa shape index (κ1) is 15.0. The Labute approximate surface area is 118 Å². The van der Waals surface area contributed by atoms with Crippen molar-refractivity contribution in [2.75, 3.05) is 13.1 Å². The molecule has 0 N–H and O–H groups in total. The zero-order chi connectivity index (χ0) is 13.7. The maximum Gasteiger partial charge on any atom is 0.127 e. The molecule has 2 heteroatoms. The zero-order valence-corrected chi connectivity index (χ0v) is 12.9. The van der Waals surface area contributed by atoms with E-state index in [0.717, 1.165) is 37.9 Å². The van der Waals surface area contributed by atoms with Crippen molar-refractivity contribution in [3.05, 3.63) is 0 Å². The first-order valence-corrected chi connectivity index (χ1v) is 8.39. The van der Waals surface area contributed by atoms with E-state index < -0.39 is 0 Å². The van der Waals surface area contributed by atoms with Gasteiger partial charge in [0, 0.05) is 18.0 Å². The van der Waals surface area contributed by atoms with Crippen LogP contribution in [0.25, 0.3) is 0 Å². The van der Waals surface area contributed by atoms with E-state index in [9.17, 15) is 4.79 Å². The van der Waals surface area contributed by atoms with Crippen LogP contribution in [0.1, 0.15) is 71.6 Å². The van der Waals surface area contributed by atoms with Crippen LogP contribution in [0.3, 0.4) is 0 Å². The summed E-state index contributed by atoms with van der Waals surface area (Å²) in [7, 11) is 0. The molecule has 2 rings (SSSR count). The lowest BCUT2D eigenvalue weighted by molar-refractivity contribution is -0.120. The lowest BCUT2D eigenvalue weighted by Gasteiger charge is -2.42. The van der Waals surface area contributed by atoms with Crippen molar-refractivity contribution < 1.29 is 4.79 Å². The van der Waals surface area contributed by atoms with Gasteiger partial charge in [0.05, 0.1) is 0 Å². The van der Waals surface area contributed by atoms with E-state index in [-0.39, 0.29) is 5.41 Å². The number of hydrogen-bond acceptors (Lipinski definition) is 2. The maximum atomic E-state index is 11.7. The highest BCUT2D eigenvalue weighted by Gasteiger charge is 2.36. The van der Waals surface area contributed by atoms with Crippen molar-refractivity contribution in [1.82, 2.24) is 4.90 Å². The Bertz CT molecular complexity index is 275. The minimum atomic E-state index is -0.0278. The summed E-state index contributed by atoms with van der Waals surface area (Å²) < 4.78 is 0. The highest BCUT2D eigenvalue weighted by Crippen LogP contribution is 2.39. The molecule has 0 aromatic heterocycles. The minimum absolute atomic E-state index is 0.0278. The van der Waals surface area contributed by atoms with E-state index in [1.165, 1.54) is 51.2 Å². The van der Waals surface area contributed by atoms with Crippen LogP contribution in [-0.2, 0) is 4.79 Å². The van der Waals surface area contributed by atoms with Crippen LogP contribution >= 0.6 is 0 Å². The molecule has 19 heavy (non-hydrogen) atoms. The van der Waals surface area contributed by atoms with E-state index in [1.54, 1.807) is 0 Å². The van der Waals surface area contributed by atoms with Crippen molar-refractivity contribution in [3.8, 4) is 0 Å². The number of carbonyl (C=O) groups is 1. The summed E-state index contributed by atoms with van der Waals surface area (Å²) in [4.78, 5) is 14.3. The molecule has 2 aliphatic rings. The van der Waals surface area contributed by atoms with Gasteiger partial charge in [0.15, 0.2) is 0 Å². The molecule has 110 valence electrons. The van der Waals surface area contributed by atoms with Gasteiger partial charge >= 0.3 is 0 Å². The molecule has 0 amide bonds. The largest absolute Gasteiger partial charge is 0.303 e. The van der Waals surface area contributed by atoms with Crippen LogP contribution in [-0.4, -0.2) is 30.3 Å². The van der Waals surface area contributed by atoms with Gasteiger partial charge < -0.3 is 4.79 Å². The van der Waals surface area contributed by atoms with Crippen molar-refractivity contribution >= 4 is 6.29 Å². The molecule has 0 radical (unpaired) electrons. The minimum Gasteiger partial charge on any atom is -0.303 e. The van der Waals surface area contributed by atoms with Gasteiger partial charge in [-0.3, -0.25) is 4.90 Å². The van der Waals surface area contributed by atoms with Crippen molar-refractivity contribution in [2.45, 2.75) is 77.7 Å². The third kappa shape index (κ3) is 3.81. The molecule has 2 fully saturated rings. The Kier molecular flexibility index (Phi) is 5.44. The number of carbonyl (C=O) groups excluding carboxylic acids is 1. The zero-order valence-electron chi connectivity index (χ0n) is 12.9. The van der Waals surface area contributed by atoms with Gasteiger partial charge in [0.25, 0.3) is 0 Å². The number of aldehydes is 1. The molecule has 0 heterocycles. The summed E-state index contributed by atoms with van der Waals surface area (Å²) in [6.45, 7) is 6.71. The molecule has 2 saturated carbocycles. The van der Waals surface area contributed by atoms with Crippen LogP contribution in [0.15, 0.2) is 0 Å². The molecule has 2 aliphatic carbocycles. The fraction of sp³-hybridized carbons (Fsp3) is 0.941. The normalized spacial score (nSPS) is 33.5. The van der Waals surface area contributed by atoms with Gasteiger partial charge in [-0.1, -0.05) is 33.1 Å². The van der Waals surface area contributed by atoms with Gasteiger partial charge in [-0.05, 0) is 51.0 Å². The molecule has 0 aromatic carbocycles.